The lowest BCUT2D eigenvalue weighted by atomic mass is 9.77. The van der Waals surface area contributed by atoms with Crippen LogP contribution < -0.4 is 10.9 Å². The summed E-state index contributed by atoms with van der Waals surface area (Å²) in [4.78, 5) is 18.3. The highest BCUT2D eigenvalue weighted by molar-refractivity contribution is 5.37. The Balaban J connectivity index is 2.17. The first kappa shape index (κ1) is 13.1. The maximum Gasteiger partial charge on any atom is 0.252 e. The molecule has 3 N–H and O–H groups in total. The van der Waals surface area contributed by atoms with Gasteiger partial charge < -0.3 is 15.4 Å². The topological polar surface area (TPSA) is 78.0 Å². The van der Waals surface area contributed by atoms with Gasteiger partial charge in [0.2, 0.25) is 0 Å². The first-order valence-electron chi connectivity index (χ1n) is 6.50. The number of aromatic nitrogens is 2. The Hall–Kier alpha value is -1.36. The molecule has 1 aromatic rings. The average molecular weight is 251 g/mol. The first-order valence-corrected chi connectivity index (χ1v) is 6.50. The number of H-pyrrole nitrogens is 1. The summed E-state index contributed by atoms with van der Waals surface area (Å²) < 4.78 is 0. The van der Waals surface area contributed by atoms with Crippen molar-refractivity contribution < 1.29 is 5.11 Å². The Morgan fingerprint density at radius 3 is 2.78 bits per heavy atom. The van der Waals surface area contributed by atoms with Gasteiger partial charge in [0.05, 0.1) is 12.1 Å². The van der Waals surface area contributed by atoms with Crippen molar-refractivity contribution >= 4 is 5.82 Å². The fourth-order valence-corrected chi connectivity index (χ4v) is 2.55. The number of nitrogens with zero attached hydrogens (tertiary/aromatic N) is 1. The number of hydrogen-bond donors (Lipinski definition) is 3. The molecule has 18 heavy (non-hydrogen) atoms. The summed E-state index contributed by atoms with van der Waals surface area (Å²) in [7, 11) is 0. The SMILES string of the molecule is Cc1nc(NC2(CO)CCC(C)CC2)cc(=O)[nH]1. The van der Waals surface area contributed by atoms with Gasteiger partial charge in [-0.3, -0.25) is 4.79 Å². The molecule has 0 aliphatic heterocycles. The van der Waals surface area contributed by atoms with Crippen LogP contribution in [0.1, 0.15) is 38.4 Å². The summed E-state index contributed by atoms with van der Waals surface area (Å²) in [5.74, 6) is 1.85. The number of aliphatic hydroxyl groups is 1. The summed E-state index contributed by atoms with van der Waals surface area (Å²) in [5.41, 5.74) is -0.484. The normalized spacial score (nSPS) is 28.1. The minimum absolute atomic E-state index is 0.0766. The Morgan fingerprint density at radius 1 is 1.56 bits per heavy atom. The molecular weight excluding hydrogens is 230 g/mol. The van der Waals surface area contributed by atoms with Crippen molar-refractivity contribution in [1.82, 2.24) is 9.97 Å². The van der Waals surface area contributed by atoms with E-state index in [0.29, 0.717) is 17.6 Å². The molecule has 0 radical (unpaired) electrons. The third-order valence-electron chi connectivity index (χ3n) is 3.79. The largest absolute Gasteiger partial charge is 0.394 e. The molecule has 2 rings (SSSR count). The van der Waals surface area contributed by atoms with E-state index < -0.39 is 0 Å². The molecule has 5 nitrogen and oxygen atoms in total. The molecule has 0 aromatic carbocycles. The van der Waals surface area contributed by atoms with E-state index in [1.165, 1.54) is 6.07 Å². The smallest absolute Gasteiger partial charge is 0.252 e. The molecule has 1 heterocycles. The number of rotatable bonds is 3. The van der Waals surface area contributed by atoms with Gasteiger partial charge in [-0.15, -0.1) is 0 Å². The van der Waals surface area contributed by atoms with Crippen LogP contribution in [-0.4, -0.2) is 27.2 Å². The third kappa shape index (κ3) is 2.90. The van der Waals surface area contributed by atoms with Gasteiger partial charge in [-0.2, -0.15) is 0 Å². The fourth-order valence-electron chi connectivity index (χ4n) is 2.55. The first-order chi connectivity index (χ1) is 8.53. The predicted molar refractivity (Wildman–Crippen MR) is 70.7 cm³/mol. The lowest BCUT2D eigenvalue weighted by Crippen LogP contribution is -2.45. The summed E-state index contributed by atoms with van der Waals surface area (Å²) in [6.45, 7) is 4.06. The van der Waals surface area contributed by atoms with Crippen LogP contribution in [0.2, 0.25) is 0 Å². The standard InChI is InChI=1S/C13H21N3O2/c1-9-3-5-13(8-17,6-4-9)16-11-7-12(18)15-10(2)14-11/h7,9,17H,3-6,8H2,1-2H3,(H2,14,15,16,18). The van der Waals surface area contributed by atoms with Gasteiger partial charge >= 0.3 is 0 Å². The van der Waals surface area contributed by atoms with Crippen molar-refractivity contribution in [1.29, 1.82) is 0 Å². The highest BCUT2D eigenvalue weighted by Gasteiger charge is 2.33. The maximum absolute atomic E-state index is 11.4. The fraction of sp³-hybridized carbons (Fsp3) is 0.692. The van der Waals surface area contributed by atoms with Crippen LogP contribution in [0.25, 0.3) is 0 Å². The second kappa shape index (κ2) is 5.10. The summed E-state index contributed by atoms with van der Waals surface area (Å²) in [6, 6.07) is 1.45. The molecule has 0 bridgehead atoms. The zero-order valence-electron chi connectivity index (χ0n) is 11.0. The molecule has 0 spiro atoms. The van der Waals surface area contributed by atoms with Crippen LogP contribution in [0.15, 0.2) is 10.9 Å². The van der Waals surface area contributed by atoms with Crippen molar-refractivity contribution in [2.45, 2.75) is 45.1 Å². The van der Waals surface area contributed by atoms with Crippen LogP contribution in [0.4, 0.5) is 5.82 Å². The number of anilines is 1. The molecule has 0 saturated heterocycles. The molecule has 0 atom stereocenters. The lowest BCUT2D eigenvalue weighted by molar-refractivity contribution is 0.155. The van der Waals surface area contributed by atoms with Gasteiger partial charge in [0.1, 0.15) is 11.6 Å². The van der Waals surface area contributed by atoms with Crippen LogP contribution in [0.5, 0.6) is 0 Å². The van der Waals surface area contributed by atoms with Gasteiger partial charge in [-0.1, -0.05) is 6.92 Å². The molecule has 100 valence electrons. The number of aromatic amines is 1. The van der Waals surface area contributed by atoms with Crippen LogP contribution in [0.3, 0.4) is 0 Å². The highest BCUT2D eigenvalue weighted by Crippen LogP contribution is 2.33. The summed E-state index contributed by atoms with van der Waals surface area (Å²) >= 11 is 0. The predicted octanol–water partition coefficient (Wildman–Crippen LogP) is 1.43. The van der Waals surface area contributed by atoms with Crippen LogP contribution in [-0.2, 0) is 0 Å². The number of aryl methyl sites for hydroxylation is 1. The van der Waals surface area contributed by atoms with Gasteiger partial charge in [-0.05, 0) is 38.5 Å². The lowest BCUT2D eigenvalue weighted by Gasteiger charge is -2.39. The molecule has 1 aliphatic carbocycles. The molecule has 1 aliphatic rings. The second-order valence-corrected chi connectivity index (χ2v) is 5.46. The van der Waals surface area contributed by atoms with E-state index in [1.54, 1.807) is 6.92 Å². The van der Waals surface area contributed by atoms with Gasteiger partial charge in [0.25, 0.3) is 5.56 Å². The quantitative estimate of drug-likeness (QED) is 0.759. The zero-order chi connectivity index (χ0) is 13.2. The molecule has 1 aromatic heterocycles. The van der Waals surface area contributed by atoms with Gasteiger partial charge in [0.15, 0.2) is 0 Å². The van der Waals surface area contributed by atoms with Crippen molar-refractivity contribution in [3.63, 3.8) is 0 Å². The Kier molecular flexibility index (Phi) is 3.71. The molecule has 5 heteroatoms. The van der Waals surface area contributed by atoms with Gasteiger partial charge in [0, 0.05) is 6.07 Å². The van der Waals surface area contributed by atoms with Crippen LogP contribution in [0, 0.1) is 12.8 Å². The highest BCUT2D eigenvalue weighted by atomic mass is 16.3. The summed E-state index contributed by atoms with van der Waals surface area (Å²) in [5, 5.41) is 12.9. The minimum atomic E-state index is -0.320. The number of nitrogens with one attached hydrogen (secondary N) is 2. The molecule has 0 unspecified atom stereocenters. The average Bonchev–Trinajstić information content (AvgIpc) is 2.31. The van der Waals surface area contributed by atoms with E-state index in [2.05, 4.69) is 22.2 Å². The van der Waals surface area contributed by atoms with E-state index >= 15 is 0 Å². The second-order valence-electron chi connectivity index (χ2n) is 5.46. The van der Waals surface area contributed by atoms with Crippen molar-refractivity contribution in [3.8, 4) is 0 Å². The Morgan fingerprint density at radius 2 is 2.22 bits per heavy atom. The van der Waals surface area contributed by atoms with Crippen molar-refractivity contribution in [2.24, 2.45) is 5.92 Å². The minimum Gasteiger partial charge on any atom is -0.394 e. The molecule has 1 saturated carbocycles. The molecule has 1 fully saturated rings. The van der Waals surface area contributed by atoms with Crippen molar-refractivity contribution in [3.05, 3.63) is 22.2 Å². The number of aliphatic hydroxyl groups excluding tert-OH is 1. The molecular formula is C13H21N3O2. The number of hydrogen-bond acceptors (Lipinski definition) is 4. The van der Waals surface area contributed by atoms with E-state index in [0.717, 1.165) is 25.7 Å². The Bertz CT molecular complexity index is 462. The molecule has 0 amide bonds. The van der Waals surface area contributed by atoms with Crippen molar-refractivity contribution in [2.75, 3.05) is 11.9 Å². The van der Waals surface area contributed by atoms with E-state index in [4.69, 9.17) is 0 Å². The van der Waals surface area contributed by atoms with Crippen LogP contribution >= 0.6 is 0 Å². The van der Waals surface area contributed by atoms with Gasteiger partial charge in [-0.25, -0.2) is 4.98 Å². The van der Waals surface area contributed by atoms with E-state index in [9.17, 15) is 9.90 Å². The summed E-state index contributed by atoms with van der Waals surface area (Å²) in [6.07, 6.45) is 4.02. The third-order valence-corrected chi connectivity index (χ3v) is 3.79. The van der Waals surface area contributed by atoms with E-state index in [1.807, 2.05) is 0 Å². The monoisotopic (exact) mass is 251 g/mol. The maximum atomic E-state index is 11.4. The zero-order valence-corrected chi connectivity index (χ0v) is 11.0. The Labute approximate surface area is 107 Å². The van der Waals surface area contributed by atoms with E-state index in [-0.39, 0.29) is 17.7 Å².